The fraction of sp³-hybridized carbons (Fsp3) is 0.233. The van der Waals surface area contributed by atoms with Crippen molar-refractivity contribution >= 4 is 9.84 Å². The Labute approximate surface area is 231 Å². The zero-order valence-electron chi connectivity index (χ0n) is 21.7. The highest BCUT2D eigenvalue weighted by atomic mass is 32.2. The van der Waals surface area contributed by atoms with E-state index >= 15 is 0 Å². The second-order valence-corrected chi connectivity index (χ2v) is 11.6. The van der Waals surface area contributed by atoms with Crippen molar-refractivity contribution in [1.29, 1.82) is 10.5 Å². The lowest BCUT2D eigenvalue weighted by Crippen LogP contribution is -2.27. The van der Waals surface area contributed by atoms with Crippen molar-refractivity contribution in [1.82, 2.24) is 14.5 Å². The Bertz CT molecular complexity index is 1850. The van der Waals surface area contributed by atoms with E-state index in [0.29, 0.717) is 52.4 Å². The minimum Gasteiger partial charge on any atom is -0.493 e. The van der Waals surface area contributed by atoms with Gasteiger partial charge in [0.1, 0.15) is 11.9 Å². The molecule has 1 aliphatic carbocycles. The highest BCUT2D eigenvalue weighted by Crippen LogP contribution is 2.37. The van der Waals surface area contributed by atoms with E-state index in [1.165, 1.54) is 41.2 Å². The number of benzene rings is 2. The van der Waals surface area contributed by atoms with Gasteiger partial charge >= 0.3 is 0 Å². The topological polar surface area (TPSA) is 150 Å². The number of nitrogens with zero attached hydrogens (tertiary/aromatic N) is 5. The van der Waals surface area contributed by atoms with Gasteiger partial charge < -0.3 is 5.11 Å². The molecule has 1 atom stereocenters. The van der Waals surface area contributed by atoms with E-state index in [1.54, 1.807) is 30.3 Å². The third kappa shape index (κ3) is 4.97. The van der Waals surface area contributed by atoms with Crippen molar-refractivity contribution in [2.45, 2.75) is 48.4 Å². The van der Waals surface area contributed by atoms with Gasteiger partial charge in [0.25, 0.3) is 5.56 Å². The Morgan fingerprint density at radius 1 is 1.10 bits per heavy atom. The van der Waals surface area contributed by atoms with Crippen LogP contribution in [0.5, 0.6) is 5.88 Å². The monoisotopic (exact) mass is 551 g/mol. The van der Waals surface area contributed by atoms with Crippen molar-refractivity contribution in [3.8, 4) is 29.1 Å². The number of hydrogen-bond acceptors (Lipinski definition) is 8. The Morgan fingerprint density at radius 2 is 1.85 bits per heavy atom. The van der Waals surface area contributed by atoms with Gasteiger partial charge in [-0.05, 0) is 66.6 Å². The summed E-state index contributed by atoms with van der Waals surface area (Å²) in [6.07, 6.45) is 5.77. The molecule has 1 aliphatic rings. The number of rotatable bonds is 8. The second kappa shape index (κ2) is 10.8. The summed E-state index contributed by atoms with van der Waals surface area (Å²) >= 11 is 0. The number of aromatic nitrogens is 3. The van der Waals surface area contributed by atoms with Crippen LogP contribution in [-0.2, 0) is 16.3 Å². The lowest BCUT2D eigenvalue weighted by Gasteiger charge is -2.25. The molecule has 0 radical (unpaired) electrons. The predicted octanol–water partition coefficient (Wildman–Crippen LogP) is 4.54. The van der Waals surface area contributed by atoms with Gasteiger partial charge in [0.05, 0.1) is 28.1 Å². The summed E-state index contributed by atoms with van der Waals surface area (Å²) in [5.41, 5.74) is 1.62. The first-order chi connectivity index (χ1) is 19.3. The van der Waals surface area contributed by atoms with Crippen LogP contribution in [0.4, 0.5) is 0 Å². The third-order valence-corrected chi connectivity index (χ3v) is 8.87. The molecule has 4 aromatic rings. The minimum absolute atomic E-state index is 0.195. The maximum atomic E-state index is 13.8. The first kappa shape index (κ1) is 26.8. The van der Waals surface area contributed by atoms with Crippen molar-refractivity contribution < 1.29 is 13.5 Å². The van der Waals surface area contributed by atoms with Crippen LogP contribution in [-0.4, -0.2) is 28.1 Å². The van der Waals surface area contributed by atoms with Crippen molar-refractivity contribution in [3.05, 3.63) is 99.9 Å². The first-order valence-electron chi connectivity index (χ1n) is 12.8. The number of aromatic hydroxyl groups is 1. The summed E-state index contributed by atoms with van der Waals surface area (Å²) in [4.78, 5) is 20.3. The van der Waals surface area contributed by atoms with Crippen LogP contribution in [0.3, 0.4) is 0 Å². The van der Waals surface area contributed by atoms with Gasteiger partial charge in [-0.2, -0.15) is 15.5 Å². The first-order valence-corrected chi connectivity index (χ1v) is 14.3. The van der Waals surface area contributed by atoms with Gasteiger partial charge in [0.15, 0.2) is 4.90 Å². The van der Waals surface area contributed by atoms with Gasteiger partial charge in [-0.25, -0.2) is 8.42 Å². The molecule has 1 fully saturated rings. The van der Waals surface area contributed by atoms with E-state index in [4.69, 9.17) is 0 Å². The molecule has 0 unspecified atom stereocenters. The van der Waals surface area contributed by atoms with Gasteiger partial charge in [-0.3, -0.25) is 14.3 Å². The summed E-state index contributed by atoms with van der Waals surface area (Å²) in [6.45, 7) is 1.88. The predicted molar refractivity (Wildman–Crippen MR) is 146 cm³/mol. The molecular formula is C30H25N5O4S. The van der Waals surface area contributed by atoms with Crippen LogP contribution in [0.2, 0.25) is 0 Å². The number of pyridine rings is 1. The summed E-state index contributed by atoms with van der Waals surface area (Å²) in [6, 6.07) is 17.9. The van der Waals surface area contributed by atoms with E-state index in [2.05, 4.69) is 22.1 Å². The van der Waals surface area contributed by atoms with Crippen LogP contribution >= 0.6 is 0 Å². The third-order valence-electron chi connectivity index (χ3n) is 7.09. The number of sulfone groups is 1. The molecule has 0 aliphatic heterocycles. The summed E-state index contributed by atoms with van der Waals surface area (Å²) < 4.78 is 29.0. The second-order valence-electron chi connectivity index (χ2n) is 9.73. The van der Waals surface area contributed by atoms with Crippen LogP contribution in [0.15, 0.2) is 81.6 Å². The maximum Gasteiger partial charge on any atom is 0.296 e. The summed E-state index contributed by atoms with van der Waals surface area (Å²) in [5, 5.41) is 30.3. The summed E-state index contributed by atoms with van der Waals surface area (Å²) in [7, 11) is -4.48. The molecule has 200 valence electrons. The van der Waals surface area contributed by atoms with Gasteiger partial charge in [-0.15, -0.1) is 0 Å². The quantitative estimate of drug-likeness (QED) is 0.335. The minimum atomic E-state index is -4.48. The molecule has 0 spiro atoms. The zero-order chi connectivity index (χ0) is 28.4. The van der Waals surface area contributed by atoms with Crippen LogP contribution in [0, 0.1) is 28.6 Å². The number of hydrogen-bond donors (Lipinski definition) is 1. The largest absolute Gasteiger partial charge is 0.493 e. The average Bonchev–Trinajstić information content (AvgIpc) is 3.79. The molecule has 9 nitrogen and oxygen atoms in total. The van der Waals surface area contributed by atoms with E-state index in [1.807, 2.05) is 6.92 Å². The van der Waals surface area contributed by atoms with E-state index < -0.39 is 32.2 Å². The lowest BCUT2D eigenvalue weighted by molar-refractivity contribution is 0.357. The van der Waals surface area contributed by atoms with Gasteiger partial charge in [-0.1, -0.05) is 31.2 Å². The lowest BCUT2D eigenvalue weighted by atomic mass is 10.0. The molecule has 2 aromatic carbocycles. The molecular weight excluding hydrogens is 526 g/mol. The Balaban J connectivity index is 1.64. The SMILES string of the molecule is CC[C@@H](c1cccc(C#N)c1)n1c(CC2CC2)nc(=O)c(S(=O)(=O)c2ccc(-c3ccncc3C#N)cc2)c1O. The fourth-order valence-electron chi connectivity index (χ4n) is 4.89. The van der Waals surface area contributed by atoms with Gasteiger partial charge in [0.2, 0.25) is 15.7 Å². The van der Waals surface area contributed by atoms with Crippen LogP contribution in [0.25, 0.3) is 11.1 Å². The molecule has 1 saturated carbocycles. The Morgan fingerprint density at radius 3 is 2.50 bits per heavy atom. The van der Waals surface area contributed by atoms with Crippen LogP contribution in [0.1, 0.15) is 54.7 Å². The van der Waals surface area contributed by atoms with Crippen molar-refractivity contribution in [3.63, 3.8) is 0 Å². The van der Waals surface area contributed by atoms with E-state index in [9.17, 15) is 28.8 Å². The molecule has 2 heterocycles. The summed E-state index contributed by atoms with van der Waals surface area (Å²) in [5.74, 6) is -0.0490. The molecule has 0 bridgehead atoms. The van der Waals surface area contributed by atoms with E-state index in [0.717, 1.165) is 12.8 Å². The number of nitriles is 2. The maximum absolute atomic E-state index is 13.8. The van der Waals surface area contributed by atoms with E-state index in [-0.39, 0.29) is 4.90 Å². The molecule has 10 heteroatoms. The average molecular weight is 552 g/mol. The van der Waals surface area contributed by atoms with Crippen LogP contribution < -0.4 is 5.56 Å². The highest BCUT2D eigenvalue weighted by molar-refractivity contribution is 7.91. The highest BCUT2D eigenvalue weighted by Gasteiger charge is 2.34. The smallest absolute Gasteiger partial charge is 0.296 e. The molecule has 2 aromatic heterocycles. The van der Waals surface area contributed by atoms with Crippen molar-refractivity contribution in [2.75, 3.05) is 0 Å². The molecule has 1 N–H and O–H groups in total. The molecule has 0 saturated heterocycles. The molecule has 0 amide bonds. The Hall–Kier alpha value is -4.80. The van der Waals surface area contributed by atoms with Gasteiger partial charge in [0, 0.05) is 24.4 Å². The fourth-order valence-corrected chi connectivity index (χ4v) is 6.23. The standard InChI is InChI=1S/C30H25N5O4S/c1-2-26(22-5-3-4-20(14-22)16-31)35-27(15-19-6-7-19)34-29(36)28(30(35)37)40(38,39)24-10-8-21(9-11-24)25-12-13-33-18-23(25)17-32/h3-5,8-14,18-19,26,37H,2,6-7,15H2,1H3/t26-/m0/s1. The normalized spacial score (nSPS) is 13.8. The Kier molecular flexibility index (Phi) is 7.20. The van der Waals surface area contributed by atoms with Crippen molar-refractivity contribution in [2.24, 2.45) is 5.92 Å². The molecule has 40 heavy (non-hydrogen) atoms. The zero-order valence-corrected chi connectivity index (χ0v) is 22.5. The molecule has 5 rings (SSSR count).